The zero-order valence-electron chi connectivity index (χ0n) is 16.5. The van der Waals surface area contributed by atoms with Crippen LogP contribution in [0.5, 0.6) is 5.75 Å². The van der Waals surface area contributed by atoms with Crippen LogP contribution in [-0.4, -0.2) is 55.0 Å². The summed E-state index contributed by atoms with van der Waals surface area (Å²) in [5.41, 5.74) is 1.21. The number of carbonyl (C=O) groups is 1. The van der Waals surface area contributed by atoms with E-state index in [1.165, 1.54) is 10.9 Å². The molecular weight excluding hydrogens is 360 g/mol. The van der Waals surface area contributed by atoms with Crippen molar-refractivity contribution >= 4 is 22.8 Å². The van der Waals surface area contributed by atoms with Crippen molar-refractivity contribution in [1.29, 1.82) is 0 Å². The molecule has 4 heteroatoms. The molecule has 0 saturated carbocycles. The molecule has 0 aromatic heterocycles. The van der Waals surface area contributed by atoms with E-state index in [2.05, 4.69) is 41.3 Å². The molecule has 0 aliphatic carbocycles. The molecule has 0 radical (unpaired) electrons. The largest absolute Gasteiger partial charge is 0.484 e. The fourth-order valence-corrected chi connectivity index (χ4v) is 3.58. The molecule has 3 aromatic carbocycles. The summed E-state index contributed by atoms with van der Waals surface area (Å²) in [5.74, 6) is 0.791. The first-order valence-electron chi connectivity index (χ1n) is 10.1. The van der Waals surface area contributed by atoms with Gasteiger partial charge in [0.1, 0.15) is 5.75 Å². The van der Waals surface area contributed by atoms with E-state index in [-0.39, 0.29) is 12.5 Å². The van der Waals surface area contributed by atoms with Crippen molar-refractivity contribution in [2.75, 3.05) is 39.3 Å². The maximum absolute atomic E-state index is 12.5. The van der Waals surface area contributed by atoms with Crippen molar-refractivity contribution in [2.45, 2.75) is 0 Å². The summed E-state index contributed by atoms with van der Waals surface area (Å²) in [5, 5.41) is 2.29. The lowest BCUT2D eigenvalue weighted by Crippen LogP contribution is -2.49. The van der Waals surface area contributed by atoms with E-state index < -0.39 is 0 Å². The molecule has 1 aliphatic heterocycles. The molecule has 0 atom stereocenters. The Morgan fingerprint density at radius 1 is 0.862 bits per heavy atom. The highest BCUT2D eigenvalue weighted by atomic mass is 16.5. The maximum Gasteiger partial charge on any atom is 0.260 e. The van der Waals surface area contributed by atoms with Crippen LogP contribution in [0.2, 0.25) is 0 Å². The molecule has 1 fully saturated rings. The van der Waals surface area contributed by atoms with E-state index in [1.54, 1.807) is 0 Å². The van der Waals surface area contributed by atoms with Gasteiger partial charge >= 0.3 is 0 Å². The molecule has 1 heterocycles. The number of hydrogen-bond donors (Lipinski definition) is 0. The normalized spacial score (nSPS) is 15.1. The van der Waals surface area contributed by atoms with Crippen LogP contribution in [0.1, 0.15) is 5.56 Å². The smallest absolute Gasteiger partial charge is 0.260 e. The lowest BCUT2D eigenvalue weighted by molar-refractivity contribution is -0.135. The third-order valence-electron chi connectivity index (χ3n) is 5.28. The number of benzene rings is 3. The number of piperazine rings is 1. The fraction of sp³-hybridized carbons (Fsp3) is 0.240. The monoisotopic (exact) mass is 386 g/mol. The summed E-state index contributed by atoms with van der Waals surface area (Å²) in [4.78, 5) is 16.8. The van der Waals surface area contributed by atoms with E-state index in [1.807, 2.05) is 53.4 Å². The van der Waals surface area contributed by atoms with Gasteiger partial charge in [0, 0.05) is 32.7 Å². The van der Waals surface area contributed by atoms with Crippen LogP contribution in [0.3, 0.4) is 0 Å². The molecular formula is C25H26N2O2. The molecule has 1 amide bonds. The average molecular weight is 386 g/mol. The molecule has 1 saturated heterocycles. The Morgan fingerprint density at radius 2 is 1.59 bits per heavy atom. The highest BCUT2D eigenvalue weighted by molar-refractivity contribution is 5.84. The number of rotatable bonds is 6. The van der Waals surface area contributed by atoms with E-state index in [9.17, 15) is 4.79 Å². The zero-order chi connectivity index (χ0) is 19.9. The number of nitrogens with zero attached hydrogens (tertiary/aromatic N) is 2. The minimum absolute atomic E-state index is 0.0534. The van der Waals surface area contributed by atoms with Crippen LogP contribution >= 0.6 is 0 Å². The van der Waals surface area contributed by atoms with Gasteiger partial charge in [-0.25, -0.2) is 0 Å². The second-order valence-corrected chi connectivity index (χ2v) is 7.29. The average Bonchev–Trinajstić information content (AvgIpc) is 2.78. The van der Waals surface area contributed by atoms with E-state index in [0.717, 1.165) is 43.9 Å². The molecule has 4 nitrogen and oxygen atoms in total. The van der Waals surface area contributed by atoms with Crippen molar-refractivity contribution in [3.8, 4) is 5.75 Å². The van der Waals surface area contributed by atoms with Crippen molar-refractivity contribution < 1.29 is 9.53 Å². The molecule has 1 aliphatic rings. The topological polar surface area (TPSA) is 32.8 Å². The highest BCUT2D eigenvalue weighted by Gasteiger charge is 2.20. The molecule has 4 rings (SSSR count). The molecule has 0 bridgehead atoms. The Bertz CT molecular complexity index is 976. The molecule has 0 N–H and O–H groups in total. The van der Waals surface area contributed by atoms with Crippen LogP contribution in [0.4, 0.5) is 0 Å². The van der Waals surface area contributed by atoms with Gasteiger partial charge in [0.15, 0.2) is 6.61 Å². The van der Waals surface area contributed by atoms with E-state index in [4.69, 9.17) is 4.74 Å². The van der Waals surface area contributed by atoms with Gasteiger partial charge in [0.25, 0.3) is 5.91 Å². The van der Waals surface area contributed by atoms with Crippen LogP contribution in [-0.2, 0) is 4.79 Å². The third-order valence-corrected chi connectivity index (χ3v) is 5.28. The first-order valence-corrected chi connectivity index (χ1v) is 10.1. The standard InChI is InChI=1S/C25H26N2O2/c28-25(20-29-24-13-12-22-10-4-5-11-23(22)19-24)27-17-15-26(16-18-27)14-6-9-21-7-2-1-3-8-21/h1-13,19H,14-18,20H2. The summed E-state index contributed by atoms with van der Waals surface area (Å²) >= 11 is 0. The molecule has 0 unspecified atom stereocenters. The lowest BCUT2D eigenvalue weighted by Gasteiger charge is -2.34. The second kappa shape index (κ2) is 9.39. The Labute approximate surface area is 172 Å². The maximum atomic E-state index is 12.5. The number of fused-ring (bicyclic) bond motifs is 1. The van der Waals surface area contributed by atoms with Gasteiger partial charge in [0.05, 0.1) is 0 Å². The Hall–Kier alpha value is -3.11. The first kappa shape index (κ1) is 19.2. The van der Waals surface area contributed by atoms with Gasteiger partial charge in [-0.15, -0.1) is 0 Å². The van der Waals surface area contributed by atoms with Gasteiger partial charge in [-0.1, -0.05) is 72.8 Å². The molecule has 29 heavy (non-hydrogen) atoms. The predicted molar refractivity (Wildman–Crippen MR) is 118 cm³/mol. The summed E-state index contributed by atoms with van der Waals surface area (Å²) in [6.45, 7) is 4.27. The summed E-state index contributed by atoms with van der Waals surface area (Å²) in [6, 6.07) is 24.4. The van der Waals surface area contributed by atoms with Crippen LogP contribution < -0.4 is 4.74 Å². The number of amides is 1. The summed E-state index contributed by atoms with van der Waals surface area (Å²) < 4.78 is 5.75. The number of carbonyl (C=O) groups excluding carboxylic acids is 1. The quantitative estimate of drug-likeness (QED) is 0.640. The number of hydrogen-bond acceptors (Lipinski definition) is 3. The minimum atomic E-state index is 0.0534. The Kier molecular flexibility index (Phi) is 6.22. The van der Waals surface area contributed by atoms with Gasteiger partial charge in [0.2, 0.25) is 0 Å². The van der Waals surface area contributed by atoms with Crippen molar-refractivity contribution in [3.05, 3.63) is 84.4 Å². The van der Waals surface area contributed by atoms with Crippen LogP contribution in [0.15, 0.2) is 78.9 Å². The van der Waals surface area contributed by atoms with E-state index >= 15 is 0 Å². The predicted octanol–water partition coefficient (Wildman–Crippen LogP) is 4.08. The van der Waals surface area contributed by atoms with E-state index in [0.29, 0.717) is 0 Å². The molecule has 0 spiro atoms. The van der Waals surface area contributed by atoms with Crippen LogP contribution in [0, 0.1) is 0 Å². The van der Waals surface area contributed by atoms with Crippen molar-refractivity contribution in [2.24, 2.45) is 0 Å². The highest BCUT2D eigenvalue weighted by Crippen LogP contribution is 2.20. The minimum Gasteiger partial charge on any atom is -0.484 e. The van der Waals surface area contributed by atoms with Crippen LogP contribution in [0.25, 0.3) is 16.8 Å². The summed E-state index contributed by atoms with van der Waals surface area (Å²) in [6.07, 6.45) is 4.34. The number of ether oxygens (including phenoxy) is 1. The molecule has 3 aromatic rings. The first-order chi connectivity index (χ1) is 14.3. The molecule has 148 valence electrons. The van der Waals surface area contributed by atoms with Gasteiger partial charge in [-0.05, 0) is 28.5 Å². The Balaban J connectivity index is 1.22. The lowest BCUT2D eigenvalue weighted by atomic mass is 10.1. The SMILES string of the molecule is O=C(COc1ccc2ccccc2c1)N1CCN(CC=Cc2ccccc2)CC1. The zero-order valence-corrected chi connectivity index (χ0v) is 16.5. The summed E-state index contributed by atoms with van der Waals surface area (Å²) in [7, 11) is 0. The van der Waals surface area contributed by atoms with Crippen molar-refractivity contribution in [1.82, 2.24) is 9.80 Å². The Morgan fingerprint density at radius 3 is 2.38 bits per heavy atom. The third kappa shape index (κ3) is 5.24. The van der Waals surface area contributed by atoms with Crippen molar-refractivity contribution in [3.63, 3.8) is 0 Å². The fourth-order valence-electron chi connectivity index (χ4n) is 3.58. The van der Waals surface area contributed by atoms with Gasteiger partial charge in [-0.3, -0.25) is 9.69 Å². The van der Waals surface area contributed by atoms with Gasteiger partial charge < -0.3 is 9.64 Å². The second-order valence-electron chi connectivity index (χ2n) is 7.29. The van der Waals surface area contributed by atoms with Gasteiger partial charge in [-0.2, -0.15) is 0 Å².